The number of amides is 3. The molecule has 3 amide bonds. The van der Waals surface area contributed by atoms with Crippen LogP contribution in [0, 0.1) is 0 Å². The highest BCUT2D eigenvalue weighted by Gasteiger charge is 2.24. The van der Waals surface area contributed by atoms with Crippen LogP contribution in [0.2, 0.25) is 0 Å². The first kappa shape index (κ1) is 15.2. The highest BCUT2D eigenvalue weighted by Crippen LogP contribution is 2.11. The second-order valence-electron chi connectivity index (χ2n) is 4.87. The van der Waals surface area contributed by atoms with Gasteiger partial charge < -0.3 is 24.7 Å². The summed E-state index contributed by atoms with van der Waals surface area (Å²) in [6.07, 6.45) is 2.75. The Balaban J connectivity index is 1.66. The van der Waals surface area contributed by atoms with Crippen LogP contribution in [0.15, 0.2) is 22.8 Å². The molecule has 1 fully saturated rings. The van der Waals surface area contributed by atoms with E-state index in [0.717, 1.165) is 12.8 Å². The number of ether oxygens (including phenoxy) is 1. The van der Waals surface area contributed by atoms with E-state index in [0.29, 0.717) is 32.0 Å². The predicted molar refractivity (Wildman–Crippen MR) is 75.7 cm³/mol. The molecule has 1 saturated heterocycles. The average molecular weight is 295 g/mol. The minimum absolute atomic E-state index is 0.0762. The maximum absolute atomic E-state index is 11.8. The van der Waals surface area contributed by atoms with Gasteiger partial charge in [0.2, 0.25) is 0 Å². The Labute approximate surface area is 123 Å². The summed E-state index contributed by atoms with van der Waals surface area (Å²) in [6, 6.07) is 3.44. The lowest BCUT2D eigenvalue weighted by Gasteiger charge is -2.31. The number of nitrogens with one attached hydrogen (secondary N) is 2. The molecule has 0 bridgehead atoms. The summed E-state index contributed by atoms with van der Waals surface area (Å²) in [5.41, 5.74) is 0. The van der Waals surface area contributed by atoms with Crippen LogP contribution >= 0.6 is 0 Å². The van der Waals surface area contributed by atoms with E-state index in [1.807, 2.05) is 0 Å². The molecule has 1 aliphatic rings. The van der Waals surface area contributed by atoms with E-state index in [9.17, 15) is 9.59 Å². The molecule has 0 saturated carbocycles. The molecule has 1 aromatic heterocycles. The number of rotatable bonds is 4. The van der Waals surface area contributed by atoms with Crippen LogP contribution in [0.5, 0.6) is 0 Å². The molecule has 2 heterocycles. The highest BCUT2D eigenvalue weighted by atomic mass is 16.6. The molecule has 2 rings (SSSR count). The Kier molecular flexibility index (Phi) is 5.48. The van der Waals surface area contributed by atoms with Crippen molar-refractivity contribution in [2.24, 2.45) is 0 Å². The third-order valence-corrected chi connectivity index (χ3v) is 3.36. The van der Waals surface area contributed by atoms with Gasteiger partial charge in [-0.3, -0.25) is 0 Å². The Bertz CT molecular complexity index is 453. The molecule has 1 aliphatic heterocycles. The van der Waals surface area contributed by atoms with Crippen LogP contribution in [-0.2, 0) is 11.3 Å². The van der Waals surface area contributed by atoms with E-state index in [4.69, 9.17) is 9.15 Å². The summed E-state index contributed by atoms with van der Waals surface area (Å²) >= 11 is 0. The summed E-state index contributed by atoms with van der Waals surface area (Å²) in [5, 5.41) is 5.64. The second kappa shape index (κ2) is 7.56. The van der Waals surface area contributed by atoms with E-state index in [2.05, 4.69) is 10.6 Å². The summed E-state index contributed by atoms with van der Waals surface area (Å²) in [4.78, 5) is 25.0. The van der Waals surface area contributed by atoms with Gasteiger partial charge in [0.1, 0.15) is 5.76 Å². The summed E-state index contributed by atoms with van der Waals surface area (Å²) in [7, 11) is 0. The minimum atomic E-state index is -0.279. The fourth-order valence-electron chi connectivity index (χ4n) is 2.24. The molecule has 0 atom stereocenters. The van der Waals surface area contributed by atoms with Crippen molar-refractivity contribution < 1.29 is 18.7 Å². The Hall–Kier alpha value is -2.18. The van der Waals surface area contributed by atoms with Crippen molar-refractivity contribution >= 4 is 12.1 Å². The first-order valence-electron chi connectivity index (χ1n) is 7.17. The lowest BCUT2D eigenvalue weighted by Crippen LogP contribution is -2.49. The van der Waals surface area contributed by atoms with Crippen LogP contribution in [0.3, 0.4) is 0 Å². The number of furan rings is 1. The number of nitrogens with zero attached hydrogens (tertiary/aromatic N) is 1. The quantitative estimate of drug-likeness (QED) is 0.885. The molecule has 1 aromatic rings. The SMILES string of the molecule is CCOC(=O)N1CCC(NC(=O)NCc2ccco2)CC1. The van der Waals surface area contributed by atoms with Gasteiger partial charge in [-0.15, -0.1) is 0 Å². The van der Waals surface area contributed by atoms with Crippen molar-refractivity contribution in [1.82, 2.24) is 15.5 Å². The molecule has 7 heteroatoms. The van der Waals surface area contributed by atoms with Crippen LogP contribution in [0.4, 0.5) is 9.59 Å². The summed E-state index contributed by atoms with van der Waals surface area (Å²) < 4.78 is 10.1. The molecule has 0 aliphatic carbocycles. The fourth-order valence-corrected chi connectivity index (χ4v) is 2.24. The predicted octanol–water partition coefficient (Wildman–Crippen LogP) is 1.70. The number of carbonyl (C=O) groups excluding carboxylic acids is 2. The van der Waals surface area contributed by atoms with Crippen molar-refractivity contribution in [2.45, 2.75) is 32.4 Å². The molecule has 0 unspecified atom stereocenters. The number of likely N-dealkylation sites (tertiary alicyclic amines) is 1. The van der Waals surface area contributed by atoms with Gasteiger partial charge in [0.05, 0.1) is 19.4 Å². The largest absolute Gasteiger partial charge is 0.467 e. The Morgan fingerprint density at radius 3 is 2.81 bits per heavy atom. The molecular formula is C14H21N3O4. The summed E-state index contributed by atoms with van der Waals surface area (Å²) in [5.74, 6) is 0.710. The van der Waals surface area contributed by atoms with Crippen LogP contribution in [-0.4, -0.2) is 42.8 Å². The zero-order chi connectivity index (χ0) is 15.1. The van der Waals surface area contributed by atoms with Crippen molar-refractivity contribution in [3.8, 4) is 0 Å². The van der Waals surface area contributed by atoms with Gasteiger partial charge in [0.25, 0.3) is 0 Å². The van der Waals surface area contributed by atoms with Gasteiger partial charge in [0.15, 0.2) is 0 Å². The van der Waals surface area contributed by atoms with E-state index < -0.39 is 0 Å². The smallest absolute Gasteiger partial charge is 0.409 e. The van der Waals surface area contributed by atoms with Gasteiger partial charge in [-0.25, -0.2) is 9.59 Å². The van der Waals surface area contributed by atoms with Crippen LogP contribution in [0.1, 0.15) is 25.5 Å². The van der Waals surface area contributed by atoms with Gasteiger partial charge in [-0.2, -0.15) is 0 Å². The molecule has 0 radical (unpaired) electrons. The monoisotopic (exact) mass is 295 g/mol. The number of piperidine rings is 1. The standard InChI is InChI=1S/C14H21N3O4/c1-2-20-14(19)17-7-5-11(6-8-17)16-13(18)15-10-12-4-3-9-21-12/h3-4,9,11H,2,5-8,10H2,1H3,(H2,15,16,18). The normalized spacial score (nSPS) is 15.6. The van der Waals surface area contributed by atoms with Crippen molar-refractivity contribution in [2.75, 3.05) is 19.7 Å². The number of hydrogen-bond donors (Lipinski definition) is 2. The van der Waals surface area contributed by atoms with Crippen molar-refractivity contribution in [3.63, 3.8) is 0 Å². The van der Waals surface area contributed by atoms with E-state index in [1.165, 1.54) is 0 Å². The zero-order valence-corrected chi connectivity index (χ0v) is 12.1. The third-order valence-electron chi connectivity index (χ3n) is 3.36. The molecular weight excluding hydrogens is 274 g/mol. The van der Waals surface area contributed by atoms with Crippen LogP contribution in [0.25, 0.3) is 0 Å². The minimum Gasteiger partial charge on any atom is -0.467 e. The molecule has 7 nitrogen and oxygen atoms in total. The number of hydrogen-bond acceptors (Lipinski definition) is 4. The van der Waals surface area contributed by atoms with E-state index in [1.54, 1.807) is 30.2 Å². The molecule has 116 valence electrons. The van der Waals surface area contributed by atoms with Gasteiger partial charge >= 0.3 is 12.1 Å². The topological polar surface area (TPSA) is 83.8 Å². The molecule has 21 heavy (non-hydrogen) atoms. The highest BCUT2D eigenvalue weighted by molar-refractivity contribution is 5.74. The van der Waals surface area contributed by atoms with Crippen LogP contribution < -0.4 is 10.6 Å². The number of carbonyl (C=O) groups is 2. The Morgan fingerprint density at radius 1 is 1.43 bits per heavy atom. The molecule has 2 N–H and O–H groups in total. The maximum atomic E-state index is 11.8. The third kappa shape index (κ3) is 4.70. The van der Waals surface area contributed by atoms with Gasteiger partial charge in [-0.1, -0.05) is 0 Å². The number of urea groups is 1. The maximum Gasteiger partial charge on any atom is 0.409 e. The lowest BCUT2D eigenvalue weighted by molar-refractivity contribution is 0.0957. The molecule has 0 aromatic carbocycles. The van der Waals surface area contributed by atoms with Crippen molar-refractivity contribution in [1.29, 1.82) is 0 Å². The first-order chi connectivity index (χ1) is 10.2. The first-order valence-corrected chi connectivity index (χ1v) is 7.17. The Morgan fingerprint density at radius 2 is 2.19 bits per heavy atom. The second-order valence-corrected chi connectivity index (χ2v) is 4.87. The lowest BCUT2D eigenvalue weighted by atomic mass is 10.1. The summed E-state index contributed by atoms with van der Waals surface area (Å²) in [6.45, 7) is 3.73. The fraction of sp³-hybridized carbons (Fsp3) is 0.571. The van der Waals surface area contributed by atoms with Gasteiger partial charge in [-0.05, 0) is 31.9 Å². The van der Waals surface area contributed by atoms with E-state index in [-0.39, 0.29) is 18.2 Å². The average Bonchev–Trinajstić information content (AvgIpc) is 2.99. The van der Waals surface area contributed by atoms with Crippen molar-refractivity contribution in [3.05, 3.63) is 24.2 Å². The van der Waals surface area contributed by atoms with E-state index >= 15 is 0 Å². The molecule has 0 spiro atoms. The zero-order valence-electron chi connectivity index (χ0n) is 12.1. The van der Waals surface area contributed by atoms with Gasteiger partial charge in [0, 0.05) is 19.1 Å².